The van der Waals surface area contributed by atoms with Crippen LogP contribution in [0.25, 0.3) is 0 Å². The van der Waals surface area contributed by atoms with Gasteiger partial charge in [-0.25, -0.2) is 4.39 Å². The molecule has 92 valence electrons. The van der Waals surface area contributed by atoms with Gasteiger partial charge < -0.3 is 15.8 Å². The molecule has 0 fully saturated rings. The molecule has 0 spiro atoms. The van der Waals surface area contributed by atoms with Gasteiger partial charge in [-0.15, -0.1) is 0 Å². The summed E-state index contributed by atoms with van der Waals surface area (Å²) in [5, 5.41) is 11.3. The van der Waals surface area contributed by atoms with Crippen molar-refractivity contribution in [1.29, 1.82) is 0 Å². The van der Waals surface area contributed by atoms with Crippen LogP contribution in [0, 0.1) is 5.82 Å². The number of halogens is 1. The minimum absolute atomic E-state index is 0.0859. The molecule has 0 saturated carbocycles. The van der Waals surface area contributed by atoms with E-state index in [1.165, 1.54) is 30.1 Å². The van der Waals surface area contributed by atoms with Crippen LogP contribution < -0.4 is 5.73 Å². The highest BCUT2D eigenvalue weighted by molar-refractivity contribution is 5.97. The Morgan fingerprint density at radius 2 is 2.24 bits per heavy atom. The van der Waals surface area contributed by atoms with E-state index in [4.69, 9.17) is 10.9 Å². The third-order valence-corrected chi connectivity index (χ3v) is 2.52. The van der Waals surface area contributed by atoms with E-state index >= 15 is 0 Å². The lowest BCUT2D eigenvalue weighted by atomic mass is 10.1. The molecule has 1 aromatic rings. The second-order valence-electron chi connectivity index (χ2n) is 3.63. The molecule has 0 aliphatic carbocycles. The summed E-state index contributed by atoms with van der Waals surface area (Å²) in [6.07, 6.45) is 0. The topological polar surface area (TPSA) is 78.9 Å². The molecule has 0 heterocycles. The summed E-state index contributed by atoms with van der Waals surface area (Å²) < 4.78 is 13.0. The predicted octanol–water partition coefficient (Wildman–Crippen LogP) is 1.03. The molecule has 1 rings (SSSR count). The summed E-state index contributed by atoms with van der Waals surface area (Å²) in [6, 6.07) is 4.77. The van der Waals surface area contributed by atoms with E-state index in [2.05, 4.69) is 5.16 Å². The number of hydrogen-bond donors (Lipinski definition) is 2. The van der Waals surface area contributed by atoms with Gasteiger partial charge in [0.25, 0.3) is 5.91 Å². The molecule has 1 amide bonds. The molecule has 3 N–H and O–H groups in total. The maximum absolute atomic E-state index is 13.0. The Labute approximate surface area is 98.3 Å². The Morgan fingerprint density at radius 3 is 2.76 bits per heavy atom. The number of hydrogen-bond acceptors (Lipinski definition) is 3. The van der Waals surface area contributed by atoms with Crippen molar-refractivity contribution in [3.8, 4) is 0 Å². The lowest BCUT2D eigenvalue weighted by Crippen LogP contribution is -2.43. The molecule has 0 aliphatic rings. The van der Waals surface area contributed by atoms with Crippen LogP contribution >= 0.6 is 0 Å². The average Bonchev–Trinajstić information content (AvgIpc) is 2.35. The number of amides is 1. The fraction of sp³-hybridized carbons (Fsp3) is 0.273. The highest BCUT2D eigenvalue weighted by atomic mass is 19.1. The van der Waals surface area contributed by atoms with Crippen LogP contribution in [0.3, 0.4) is 0 Å². The second-order valence-corrected chi connectivity index (χ2v) is 3.63. The monoisotopic (exact) mass is 239 g/mol. The Kier molecular flexibility index (Phi) is 4.03. The van der Waals surface area contributed by atoms with Crippen molar-refractivity contribution in [2.75, 3.05) is 7.05 Å². The predicted molar refractivity (Wildman–Crippen MR) is 61.4 cm³/mol. The second kappa shape index (κ2) is 5.29. The molecular weight excluding hydrogens is 225 g/mol. The number of carbonyl (C=O) groups is 1. The lowest BCUT2D eigenvalue weighted by molar-refractivity contribution is 0.0776. The summed E-state index contributed by atoms with van der Waals surface area (Å²) in [5.41, 5.74) is 5.61. The van der Waals surface area contributed by atoms with E-state index in [1.54, 1.807) is 6.92 Å². The number of nitrogens with zero attached hydrogens (tertiary/aromatic N) is 2. The zero-order valence-electron chi connectivity index (χ0n) is 9.59. The quantitative estimate of drug-likeness (QED) is 0.358. The largest absolute Gasteiger partial charge is 0.409 e. The Balaban J connectivity index is 2.90. The number of oxime groups is 1. The van der Waals surface area contributed by atoms with Crippen LogP contribution in [0.2, 0.25) is 0 Å². The molecule has 1 aromatic carbocycles. The maximum Gasteiger partial charge on any atom is 0.254 e. The molecule has 6 heteroatoms. The summed E-state index contributed by atoms with van der Waals surface area (Å²) >= 11 is 0. The van der Waals surface area contributed by atoms with Gasteiger partial charge in [0.15, 0.2) is 5.84 Å². The molecule has 1 unspecified atom stereocenters. The van der Waals surface area contributed by atoms with Crippen LogP contribution in [0.5, 0.6) is 0 Å². The van der Waals surface area contributed by atoms with E-state index in [0.29, 0.717) is 0 Å². The summed E-state index contributed by atoms with van der Waals surface area (Å²) in [5.74, 6) is -0.971. The summed E-state index contributed by atoms with van der Waals surface area (Å²) in [4.78, 5) is 13.2. The molecule has 0 radical (unpaired) electrons. The first-order valence-electron chi connectivity index (χ1n) is 4.97. The summed E-state index contributed by atoms with van der Waals surface area (Å²) in [7, 11) is 1.50. The zero-order valence-corrected chi connectivity index (χ0v) is 9.59. The number of rotatable bonds is 3. The third-order valence-electron chi connectivity index (χ3n) is 2.52. The normalized spacial score (nSPS) is 13.2. The van der Waals surface area contributed by atoms with Gasteiger partial charge in [0.05, 0.1) is 6.04 Å². The van der Waals surface area contributed by atoms with Crippen molar-refractivity contribution in [3.05, 3.63) is 35.6 Å². The summed E-state index contributed by atoms with van der Waals surface area (Å²) in [6.45, 7) is 1.60. The van der Waals surface area contributed by atoms with Gasteiger partial charge in [0, 0.05) is 12.6 Å². The fourth-order valence-electron chi connectivity index (χ4n) is 1.28. The highest BCUT2D eigenvalue weighted by Crippen LogP contribution is 2.08. The van der Waals surface area contributed by atoms with Crippen LogP contribution in [0.1, 0.15) is 17.3 Å². The third kappa shape index (κ3) is 2.93. The molecular formula is C11H14FN3O2. The lowest BCUT2D eigenvalue weighted by Gasteiger charge is -2.23. The van der Waals surface area contributed by atoms with Crippen molar-refractivity contribution in [2.45, 2.75) is 13.0 Å². The van der Waals surface area contributed by atoms with Crippen molar-refractivity contribution in [1.82, 2.24) is 4.90 Å². The molecule has 17 heavy (non-hydrogen) atoms. The van der Waals surface area contributed by atoms with Gasteiger partial charge in [-0.3, -0.25) is 4.79 Å². The number of benzene rings is 1. The van der Waals surface area contributed by atoms with E-state index in [1.807, 2.05) is 0 Å². The van der Waals surface area contributed by atoms with Crippen molar-refractivity contribution in [3.63, 3.8) is 0 Å². The van der Waals surface area contributed by atoms with Gasteiger partial charge in [-0.1, -0.05) is 11.2 Å². The fourth-order valence-corrected chi connectivity index (χ4v) is 1.28. The van der Waals surface area contributed by atoms with Gasteiger partial charge in [-0.05, 0) is 25.1 Å². The van der Waals surface area contributed by atoms with Crippen molar-refractivity contribution < 1.29 is 14.4 Å². The van der Waals surface area contributed by atoms with Gasteiger partial charge in [0.1, 0.15) is 5.82 Å². The number of nitrogens with two attached hydrogens (primary N) is 1. The molecule has 0 bridgehead atoms. The first-order chi connectivity index (χ1) is 7.97. The smallest absolute Gasteiger partial charge is 0.254 e. The van der Waals surface area contributed by atoms with E-state index < -0.39 is 17.8 Å². The van der Waals surface area contributed by atoms with Crippen LogP contribution in [0.4, 0.5) is 4.39 Å². The van der Waals surface area contributed by atoms with Gasteiger partial charge in [-0.2, -0.15) is 0 Å². The van der Waals surface area contributed by atoms with Crippen LogP contribution in [-0.2, 0) is 0 Å². The highest BCUT2D eigenvalue weighted by Gasteiger charge is 2.20. The van der Waals surface area contributed by atoms with Crippen LogP contribution in [0.15, 0.2) is 29.4 Å². The van der Waals surface area contributed by atoms with E-state index in [-0.39, 0.29) is 11.4 Å². The molecule has 1 atom stereocenters. The minimum Gasteiger partial charge on any atom is -0.409 e. The van der Waals surface area contributed by atoms with E-state index in [9.17, 15) is 9.18 Å². The molecule has 0 aliphatic heterocycles. The maximum atomic E-state index is 13.0. The SMILES string of the molecule is CC(C(N)=NO)N(C)C(=O)c1cccc(F)c1. The standard InChI is InChI=1S/C11H14FN3O2/c1-7(10(13)14-17)15(2)11(16)8-4-3-5-9(12)6-8/h3-7,17H,1-2H3,(H2,13,14). The number of likely N-dealkylation sites (N-methyl/N-ethyl adjacent to an activating group) is 1. The molecule has 0 saturated heterocycles. The van der Waals surface area contributed by atoms with Gasteiger partial charge >= 0.3 is 0 Å². The van der Waals surface area contributed by atoms with E-state index in [0.717, 1.165) is 6.07 Å². The average molecular weight is 239 g/mol. The Bertz CT molecular complexity index is 448. The molecule has 5 nitrogen and oxygen atoms in total. The zero-order chi connectivity index (χ0) is 13.0. The minimum atomic E-state index is -0.573. The first kappa shape index (κ1) is 13.0. The first-order valence-corrected chi connectivity index (χ1v) is 4.97. The number of carbonyl (C=O) groups excluding carboxylic acids is 1. The van der Waals surface area contributed by atoms with Gasteiger partial charge in [0.2, 0.25) is 0 Å². The number of amidine groups is 1. The molecule has 0 aromatic heterocycles. The van der Waals surface area contributed by atoms with Crippen molar-refractivity contribution in [2.24, 2.45) is 10.9 Å². The Morgan fingerprint density at radius 1 is 1.59 bits per heavy atom. The van der Waals surface area contributed by atoms with Crippen molar-refractivity contribution >= 4 is 11.7 Å². The Hall–Kier alpha value is -2.11. The van der Waals surface area contributed by atoms with Crippen LogP contribution in [-0.4, -0.2) is 34.9 Å².